The van der Waals surface area contributed by atoms with Crippen LogP contribution >= 0.6 is 0 Å². The normalized spacial score (nSPS) is 16.1. The first-order valence-electron chi connectivity index (χ1n) is 14.2. The smallest absolute Gasteiger partial charge is 0.344 e. The van der Waals surface area contributed by atoms with Gasteiger partial charge in [0.25, 0.3) is 10.0 Å². The van der Waals surface area contributed by atoms with Crippen molar-refractivity contribution in [2.24, 2.45) is 0 Å². The highest BCUT2D eigenvalue weighted by molar-refractivity contribution is 7.92. The van der Waals surface area contributed by atoms with Gasteiger partial charge < -0.3 is 24.2 Å². The second kappa shape index (κ2) is 12.2. The van der Waals surface area contributed by atoms with E-state index in [1.165, 1.54) is 5.56 Å². The first kappa shape index (κ1) is 29.7. The molecule has 224 valence electrons. The van der Waals surface area contributed by atoms with Crippen LogP contribution in [0, 0.1) is 0 Å². The lowest BCUT2D eigenvalue weighted by Gasteiger charge is -2.34. The van der Waals surface area contributed by atoms with Gasteiger partial charge in [-0.3, -0.25) is 4.72 Å². The van der Waals surface area contributed by atoms with Gasteiger partial charge in [-0.1, -0.05) is 24.3 Å². The van der Waals surface area contributed by atoms with Gasteiger partial charge in [0.2, 0.25) is 0 Å². The van der Waals surface area contributed by atoms with Crippen molar-refractivity contribution in [3.63, 3.8) is 0 Å². The highest BCUT2D eigenvalue weighted by atomic mass is 32.2. The lowest BCUT2D eigenvalue weighted by molar-refractivity contribution is -0.157. The van der Waals surface area contributed by atoms with Gasteiger partial charge in [-0.05, 0) is 99.5 Å². The number of nitrogens with zero attached hydrogens (tertiary/aromatic N) is 1. The summed E-state index contributed by atoms with van der Waals surface area (Å²) in [4.78, 5) is 14.4. The van der Waals surface area contributed by atoms with Crippen LogP contribution in [-0.4, -0.2) is 50.9 Å². The fraction of sp³-hybridized carbons (Fsp3) is 0.406. The molecule has 0 aromatic heterocycles. The number of hydrogen-bond acceptors (Lipinski definition) is 8. The number of hydrogen-bond donors (Lipinski definition) is 2. The zero-order valence-electron chi connectivity index (χ0n) is 24.3. The predicted molar refractivity (Wildman–Crippen MR) is 161 cm³/mol. The molecule has 1 atom stereocenters. The Hall–Kier alpha value is -3.76. The molecule has 0 saturated carbocycles. The summed E-state index contributed by atoms with van der Waals surface area (Å²) < 4.78 is 46.4. The molecule has 3 aliphatic rings. The van der Waals surface area contributed by atoms with Crippen molar-refractivity contribution in [2.45, 2.75) is 69.6 Å². The van der Waals surface area contributed by atoms with Crippen molar-refractivity contribution in [1.29, 1.82) is 0 Å². The molecule has 0 spiro atoms. The van der Waals surface area contributed by atoms with E-state index in [1.54, 1.807) is 24.3 Å². The highest BCUT2D eigenvalue weighted by Crippen LogP contribution is 2.36. The molecule has 1 unspecified atom stereocenters. The zero-order chi connectivity index (χ0) is 29.9. The third kappa shape index (κ3) is 6.99. The molecule has 2 aliphatic heterocycles. The molecule has 1 aliphatic carbocycles. The average molecular weight is 595 g/mol. The summed E-state index contributed by atoms with van der Waals surface area (Å²) in [5.74, 6) is 0.482. The van der Waals surface area contributed by atoms with Gasteiger partial charge in [-0.2, -0.15) is 0 Å². The number of aliphatic hydroxyl groups is 1. The van der Waals surface area contributed by atoms with E-state index in [2.05, 4.69) is 9.62 Å². The molecule has 2 bridgehead atoms. The standard InChI is InChI=1S/C32H38N2O7S/c1-32(2,3)41-31(36)21-39-26-13-12-23-7-6-8-25(18-24(23)19-26)34(15-16-35)28-10-5-4-9-27(28)33-42(37,38)30-17-22-11-14-29(30)40-20-22/h4-5,9-14,17,19,25,33,35H,6-8,15-16,18,20-21H2,1-3H3. The molecular formula is C32H38N2O7S. The fourth-order valence-corrected chi connectivity index (χ4v) is 6.81. The first-order chi connectivity index (χ1) is 20.0. The van der Waals surface area contributed by atoms with Gasteiger partial charge in [-0.15, -0.1) is 0 Å². The third-order valence-electron chi connectivity index (χ3n) is 7.32. The van der Waals surface area contributed by atoms with Crippen LogP contribution < -0.4 is 19.1 Å². The molecule has 0 radical (unpaired) electrons. The maximum atomic E-state index is 13.5. The van der Waals surface area contributed by atoms with E-state index in [4.69, 9.17) is 14.2 Å². The van der Waals surface area contributed by atoms with Gasteiger partial charge in [0, 0.05) is 12.6 Å². The average Bonchev–Trinajstić information content (AvgIpc) is 3.17. The van der Waals surface area contributed by atoms with Crippen LogP contribution in [0.4, 0.5) is 11.4 Å². The molecule has 9 nitrogen and oxygen atoms in total. The summed E-state index contributed by atoms with van der Waals surface area (Å²) in [6.45, 7) is 5.86. The number of rotatable bonds is 10. The van der Waals surface area contributed by atoms with Gasteiger partial charge in [0.15, 0.2) is 6.61 Å². The van der Waals surface area contributed by atoms with Crippen LogP contribution in [0.2, 0.25) is 0 Å². The van der Waals surface area contributed by atoms with E-state index >= 15 is 0 Å². The number of sulfonamides is 1. The van der Waals surface area contributed by atoms with E-state index in [1.807, 2.05) is 57.2 Å². The van der Waals surface area contributed by atoms with Crippen LogP contribution in [0.3, 0.4) is 0 Å². The number of anilines is 2. The Morgan fingerprint density at radius 1 is 1.10 bits per heavy atom. The number of ether oxygens (including phenoxy) is 3. The molecule has 6 rings (SSSR count). The van der Waals surface area contributed by atoms with Crippen LogP contribution in [0.5, 0.6) is 11.5 Å². The van der Waals surface area contributed by atoms with Gasteiger partial charge in [0.05, 0.1) is 18.0 Å². The Kier molecular flexibility index (Phi) is 8.65. The maximum Gasteiger partial charge on any atom is 0.344 e. The summed E-state index contributed by atoms with van der Waals surface area (Å²) in [5, 5.41) is 10.1. The second-order valence-electron chi connectivity index (χ2n) is 11.7. The minimum Gasteiger partial charge on any atom is -0.487 e. The van der Waals surface area contributed by atoms with Crippen LogP contribution in [0.1, 0.15) is 50.3 Å². The number of para-hydroxylation sites is 2. The molecular weight excluding hydrogens is 556 g/mol. The van der Waals surface area contributed by atoms with Crippen LogP contribution in [0.15, 0.2) is 65.6 Å². The number of benzene rings is 3. The fourth-order valence-electron chi connectivity index (χ4n) is 5.54. The Labute approximate surface area is 247 Å². The maximum absolute atomic E-state index is 13.5. The van der Waals surface area contributed by atoms with Crippen molar-refractivity contribution in [3.8, 4) is 11.5 Å². The summed E-state index contributed by atoms with van der Waals surface area (Å²) in [6, 6.07) is 18.3. The van der Waals surface area contributed by atoms with Crippen LogP contribution in [0.25, 0.3) is 0 Å². The number of carbonyl (C=O) groups excluding carboxylic acids is 1. The molecule has 0 fully saturated rings. The Morgan fingerprint density at radius 3 is 2.60 bits per heavy atom. The monoisotopic (exact) mass is 594 g/mol. The molecule has 2 heterocycles. The Bertz CT molecular complexity index is 1550. The first-order valence-corrected chi connectivity index (χ1v) is 15.7. The topological polar surface area (TPSA) is 114 Å². The minimum atomic E-state index is -3.92. The third-order valence-corrected chi connectivity index (χ3v) is 8.71. The van der Waals surface area contributed by atoms with E-state index in [9.17, 15) is 18.3 Å². The van der Waals surface area contributed by atoms with Crippen molar-refractivity contribution in [1.82, 2.24) is 0 Å². The van der Waals surface area contributed by atoms with E-state index in [-0.39, 0.29) is 24.2 Å². The van der Waals surface area contributed by atoms with Gasteiger partial charge in [-0.25, -0.2) is 13.2 Å². The highest BCUT2D eigenvalue weighted by Gasteiger charge is 2.28. The van der Waals surface area contributed by atoms with Crippen molar-refractivity contribution >= 4 is 27.4 Å². The molecule has 10 heteroatoms. The molecule has 0 amide bonds. The van der Waals surface area contributed by atoms with Crippen molar-refractivity contribution in [3.05, 3.63) is 77.4 Å². The number of aliphatic hydroxyl groups excluding tert-OH is 1. The summed E-state index contributed by atoms with van der Waals surface area (Å²) in [5.41, 5.74) is 3.64. The van der Waals surface area contributed by atoms with E-state index < -0.39 is 21.6 Å². The Morgan fingerprint density at radius 2 is 1.90 bits per heavy atom. The minimum absolute atomic E-state index is 0.00809. The quantitative estimate of drug-likeness (QED) is 0.253. The number of aryl methyl sites for hydroxylation is 1. The van der Waals surface area contributed by atoms with Gasteiger partial charge in [0.1, 0.15) is 28.6 Å². The van der Waals surface area contributed by atoms with Gasteiger partial charge >= 0.3 is 5.97 Å². The summed E-state index contributed by atoms with van der Waals surface area (Å²) in [7, 11) is -3.92. The Balaban J connectivity index is 1.38. The predicted octanol–water partition coefficient (Wildman–Crippen LogP) is 4.85. The van der Waals surface area contributed by atoms with E-state index in [0.29, 0.717) is 42.4 Å². The van der Waals surface area contributed by atoms with E-state index in [0.717, 1.165) is 30.4 Å². The molecule has 3 aromatic carbocycles. The molecule has 0 saturated heterocycles. The number of carbonyl (C=O) groups is 1. The van der Waals surface area contributed by atoms with Crippen molar-refractivity contribution in [2.75, 3.05) is 29.4 Å². The molecule has 3 aromatic rings. The SMILES string of the molecule is CC(C)(C)OC(=O)COc1ccc2c(c1)CC(N(CCO)c1ccccc1NS(=O)(=O)c1cc3ccc1OC3)CCC2. The lowest BCUT2D eigenvalue weighted by atomic mass is 10.00. The number of fused-ring (bicyclic) bond motifs is 4. The summed E-state index contributed by atoms with van der Waals surface area (Å²) >= 11 is 0. The molecule has 42 heavy (non-hydrogen) atoms. The lowest BCUT2D eigenvalue weighted by Crippen LogP contribution is -2.39. The zero-order valence-corrected chi connectivity index (χ0v) is 25.1. The molecule has 2 N–H and O–H groups in total. The number of nitrogens with one attached hydrogen (secondary N) is 1. The number of esters is 1. The summed E-state index contributed by atoms with van der Waals surface area (Å²) in [6.07, 6.45) is 3.33. The van der Waals surface area contributed by atoms with Crippen LogP contribution in [-0.2, 0) is 39.0 Å². The largest absolute Gasteiger partial charge is 0.487 e. The second-order valence-corrected chi connectivity index (χ2v) is 13.3. The van der Waals surface area contributed by atoms with Crippen molar-refractivity contribution < 1.29 is 32.5 Å².